The van der Waals surface area contributed by atoms with Gasteiger partial charge in [0.25, 0.3) is 0 Å². The molecule has 1 aromatic carbocycles. The number of hydrogen-bond donors (Lipinski definition) is 1. The minimum Gasteiger partial charge on any atom is -0.481 e. The van der Waals surface area contributed by atoms with Gasteiger partial charge >= 0.3 is 5.97 Å². The Bertz CT molecular complexity index is 552. The molecular weight excluding hydrogens is 322 g/mol. The molecule has 1 fully saturated rings. The lowest BCUT2D eigenvalue weighted by Crippen LogP contribution is -2.47. The number of likely N-dealkylation sites (tertiary alicyclic amines) is 1. The molecule has 1 amide bonds. The van der Waals surface area contributed by atoms with E-state index in [4.69, 9.17) is 16.7 Å². The number of thioether (sulfide) groups is 1. The van der Waals surface area contributed by atoms with E-state index in [0.29, 0.717) is 30.2 Å². The summed E-state index contributed by atoms with van der Waals surface area (Å²) in [6.07, 6.45) is 1.79. The van der Waals surface area contributed by atoms with Gasteiger partial charge in [0.05, 0.1) is 10.9 Å². The van der Waals surface area contributed by atoms with Gasteiger partial charge in [0.2, 0.25) is 5.91 Å². The van der Waals surface area contributed by atoms with Crippen LogP contribution in [0.4, 0.5) is 0 Å². The molecule has 1 aromatic rings. The molecule has 0 saturated carbocycles. The number of carboxylic acids is 1. The van der Waals surface area contributed by atoms with Crippen molar-refractivity contribution in [2.45, 2.75) is 37.1 Å². The summed E-state index contributed by atoms with van der Waals surface area (Å²) >= 11 is 7.64. The van der Waals surface area contributed by atoms with E-state index in [9.17, 15) is 9.59 Å². The minimum absolute atomic E-state index is 0.0259. The maximum atomic E-state index is 12.3. The van der Waals surface area contributed by atoms with Gasteiger partial charge in [0.1, 0.15) is 0 Å². The number of aliphatic carboxylic acids is 1. The molecule has 0 bridgehead atoms. The monoisotopic (exact) mass is 341 g/mol. The summed E-state index contributed by atoms with van der Waals surface area (Å²) in [6, 6.07) is 7.67. The van der Waals surface area contributed by atoms with E-state index in [0.717, 1.165) is 11.3 Å². The van der Waals surface area contributed by atoms with Crippen LogP contribution in [0.25, 0.3) is 0 Å². The smallest absolute Gasteiger partial charge is 0.308 e. The van der Waals surface area contributed by atoms with Crippen molar-refractivity contribution < 1.29 is 14.7 Å². The van der Waals surface area contributed by atoms with Crippen molar-refractivity contribution >= 4 is 35.2 Å². The predicted octanol–water partition coefficient (Wildman–Crippen LogP) is 3.53. The summed E-state index contributed by atoms with van der Waals surface area (Å²) in [6.45, 7) is 2.31. The molecule has 22 heavy (non-hydrogen) atoms. The SMILES string of the molecule is CC1CCC(C(=O)O)CN1C(=O)CCSc1ccccc1Cl. The number of carbonyl (C=O) groups is 2. The third kappa shape index (κ3) is 4.40. The lowest BCUT2D eigenvalue weighted by molar-refractivity contribution is -0.147. The molecule has 2 atom stereocenters. The molecule has 2 rings (SSSR count). The van der Waals surface area contributed by atoms with E-state index >= 15 is 0 Å². The molecule has 0 spiro atoms. The van der Waals surface area contributed by atoms with Gasteiger partial charge in [-0.2, -0.15) is 0 Å². The summed E-state index contributed by atoms with van der Waals surface area (Å²) in [5.41, 5.74) is 0. The average molecular weight is 342 g/mol. The Morgan fingerprint density at radius 1 is 1.36 bits per heavy atom. The molecule has 0 aliphatic carbocycles. The zero-order chi connectivity index (χ0) is 16.1. The fourth-order valence-electron chi connectivity index (χ4n) is 2.61. The first-order valence-electron chi connectivity index (χ1n) is 7.38. The second kappa shape index (κ2) is 7.88. The van der Waals surface area contributed by atoms with Crippen LogP contribution in [0.5, 0.6) is 0 Å². The Morgan fingerprint density at radius 3 is 2.77 bits per heavy atom. The summed E-state index contributed by atoms with van der Waals surface area (Å²) in [5.74, 6) is -0.576. The third-order valence-corrected chi connectivity index (χ3v) is 5.48. The number of carbonyl (C=O) groups excluding carboxylic acids is 1. The van der Waals surface area contributed by atoms with Crippen molar-refractivity contribution in [2.75, 3.05) is 12.3 Å². The maximum Gasteiger partial charge on any atom is 0.308 e. The van der Waals surface area contributed by atoms with Crippen molar-refractivity contribution in [3.8, 4) is 0 Å². The van der Waals surface area contributed by atoms with Gasteiger partial charge in [-0.25, -0.2) is 0 Å². The van der Waals surface area contributed by atoms with Crippen LogP contribution < -0.4 is 0 Å². The molecule has 1 aliphatic rings. The van der Waals surface area contributed by atoms with E-state index in [1.165, 1.54) is 0 Å². The molecule has 2 unspecified atom stereocenters. The molecule has 0 radical (unpaired) electrons. The second-order valence-corrected chi connectivity index (χ2v) is 7.08. The standard InChI is InChI=1S/C16H20ClNO3S/c1-11-6-7-12(16(20)21)10-18(11)15(19)8-9-22-14-5-3-2-4-13(14)17/h2-5,11-12H,6-10H2,1H3,(H,20,21). The molecule has 0 aromatic heterocycles. The van der Waals surface area contributed by atoms with Gasteiger partial charge in [-0.3, -0.25) is 9.59 Å². The summed E-state index contributed by atoms with van der Waals surface area (Å²) in [7, 11) is 0. The van der Waals surface area contributed by atoms with Gasteiger partial charge in [-0.15, -0.1) is 11.8 Å². The van der Waals surface area contributed by atoms with Crippen molar-refractivity contribution in [1.29, 1.82) is 0 Å². The summed E-state index contributed by atoms with van der Waals surface area (Å²) in [4.78, 5) is 26.1. The molecule has 1 heterocycles. The van der Waals surface area contributed by atoms with Crippen molar-refractivity contribution in [2.24, 2.45) is 5.92 Å². The molecule has 4 nitrogen and oxygen atoms in total. The third-order valence-electron chi connectivity index (χ3n) is 3.96. The highest BCUT2D eigenvalue weighted by molar-refractivity contribution is 7.99. The number of rotatable bonds is 5. The lowest BCUT2D eigenvalue weighted by atomic mass is 9.93. The Labute approximate surface area is 139 Å². The van der Waals surface area contributed by atoms with Crippen LogP contribution in [0, 0.1) is 5.92 Å². The Morgan fingerprint density at radius 2 is 2.09 bits per heavy atom. The first kappa shape index (κ1) is 17.2. The number of halogens is 1. The molecule has 6 heteroatoms. The Kier molecular flexibility index (Phi) is 6.15. The Hall–Kier alpha value is -1.20. The molecule has 1 saturated heterocycles. The number of benzene rings is 1. The molecular formula is C16H20ClNO3S. The van der Waals surface area contributed by atoms with E-state index in [-0.39, 0.29) is 11.9 Å². The fraction of sp³-hybridized carbons (Fsp3) is 0.500. The van der Waals surface area contributed by atoms with E-state index in [2.05, 4.69) is 0 Å². The van der Waals surface area contributed by atoms with Crippen LogP contribution in [-0.2, 0) is 9.59 Å². The van der Waals surface area contributed by atoms with E-state index in [1.54, 1.807) is 16.7 Å². The van der Waals surface area contributed by atoms with Crippen LogP contribution in [0.1, 0.15) is 26.2 Å². The highest BCUT2D eigenvalue weighted by Crippen LogP contribution is 2.28. The van der Waals surface area contributed by atoms with Gasteiger partial charge in [-0.05, 0) is 31.9 Å². The average Bonchev–Trinajstić information content (AvgIpc) is 2.49. The van der Waals surface area contributed by atoms with Crippen LogP contribution >= 0.6 is 23.4 Å². The zero-order valence-electron chi connectivity index (χ0n) is 12.5. The first-order valence-corrected chi connectivity index (χ1v) is 8.75. The quantitative estimate of drug-likeness (QED) is 0.832. The predicted molar refractivity (Wildman–Crippen MR) is 88.3 cm³/mol. The van der Waals surface area contributed by atoms with Gasteiger partial charge in [0, 0.05) is 29.7 Å². The molecule has 1 aliphatic heterocycles. The highest BCUT2D eigenvalue weighted by atomic mass is 35.5. The Balaban J connectivity index is 1.86. The second-order valence-electron chi connectivity index (χ2n) is 5.54. The number of hydrogen-bond acceptors (Lipinski definition) is 3. The zero-order valence-corrected chi connectivity index (χ0v) is 14.1. The number of carboxylic acid groups (broad SMARTS) is 1. The van der Waals surface area contributed by atoms with Crippen LogP contribution in [0.3, 0.4) is 0 Å². The lowest BCUT2D eigenvalue weighted by Gasteiger charge is -2.36. The van der Waals surface area contributed by atoms with Crippen LogP contribution in [-0.4, -0.2) is 40.2 Å². The van der Waals surface area contributed by atoms with Crippen LogP contribution in [0.2, 0.25) is 5.02 Å². The minimum atomic E-state index is -0.810. The highest BCUT2D eigenvalue weighted by Gasteiger charge is 2.32. The number of piperidine rings is 1. The molecule has 1 N–H and O–H groups in total. The van der Waals surface area contributed by atoms with E-state index in [1.807, 2.05) is 31.2 Å². The number of amides is 1. The van der Waals surface area contributed by atoms with Gasteiger partial charge in [-0.1, -0.05) is 23.7 Å². The van der Waals surface area contributed by atoms with Gasteiger partial charge < -0.3 is 10.0 Å². The summed E-state index contributed by atoms with van der Waals surface area (Å²) < 4.78 is 0. The number of nitrogens with zero attached hydrogens (tertiary/aromatic N) is 1. The normalized spacial score (nSPS) is 21.6. The van der Waals surface area contributed by atoms with Crippen molar-refractivity contribution in [3.63, 3.8) is 0 Å². The maximum absolute atomic E-state index is 12.3. The van der Waals surface area contributed by atoms with Gasteiger partial charge in [0.15, 0.2) is 0 Å². The van der Waals surface area contributed by atoms with E-state index < -0.39 is 11.9 Å². The van der Waals surface area contributed by atoms with Crippen molar-refractivity contribution in [1.82, 2.24) is 4.90 Å². The van der Waals surface area contributed by atoms with Crippen molar-refractivity contribution in [3.05, 3.63) is 29.3 Å². The topological polar surface area (TPSA) is 57.6 Å². The molecule has 120 valence electrons. The first-order chi connectivity index (χ1) is 10.5. The van der Waals surface area contributed by atoms with Crippen LogP contribution in [0.15, 0.2) is 29.2 Å². The fourth-order valence-corrected chi connectivity index (χ4v) is 3.79. The summed E-state index contributed by atoms with van der Waals surface area (Å²) in [5, 5.41) is 9.81. The largest absolute Gasteiger partial charge is 0.481 e.